The van der Waals surface area contributed by atoms with Gasteiger partial charge >= 0.3 is 6.18 Å². The van der Waals surface area contributed by atoms with E-state index >= 15 is 0 Å². The number of alkyl halides is 3. The Morgan fingerprint density at radius 1 is 1.23 bits per heavy atom. The van der Waals surface area contributed by atoms with Crippen LogP contribution in [0.3, 0.4) is 0 Å². The molecule has 0 spiro atoms. The van der Waals surface area contributed by atoms with E-state index in [1.807, 2.05) is 0 Å². The largest absolute Gasteiger partial charge is 0.392 e. The van der Waals surface area contributed by atoms with Crippen LogP contribution in [0.25, 0.3) is 0 Å². The summed E-state index contributed by atoms with van der Waals surface area (Å²) in [6, 6.07) is 0. The minimum absolute atomic E-state index is 0. The maximum atomic E-state index is 12.3. The lowest BCUT2D eigenvalue weighted by Gasteiger charge is -2.29. The molecule has 0 aliphatic heterocycles. The third-order valence-electron chi connectivity index (χ3n) is 2.29. The second-order valence-electron chi connectivity index (χ2n) is 3.09. The molecule has 0 saturated carbocycles. The first-order chi connectivity index (χ1) is 5.55. The van der Waals surface area contributed by atoms with Crippen molar-refractivity contribution in [3.05, 3.63) is 12.2 Å². The minimum atomic E-state index is -4.09. The van der Waals surface area contributed by atoms with E-state index in [-0.39, 0.29) is 25.4 Å². The summed E-state index contributed by atoms with van der Waals surface area (Å²) in [7, 11) is 0. The molecule has 0 aromatic rings. The van der Waals surface area contributed by atoms with Gasteiger partial charge in [-0.25, -0.2) is 0 Å². The highest BCUT2D eigenvalue weighted by atomic mass is 35.5. The van der Waals surface area contributed by atoms with E-state index in [1.165, 1.54) is 0 Å². The molecule has 5 heteroatoms. The van der Waals surface area contributed by atoms with Gasteiger partial charge in [0.1, 0.15) is 0 Å². The highest BCUT2D eigenvalue weighted by Gasteiger charge is 2.43. The first-order valence-corrected chi connectivity index (χ1v) is 3.97. The first kappa shape index (κ1) is 12.8. The summed E-state index contributed by atoms with van der Waals surface area (Å²) in [5.41, 5.74) is 5.26. The van der Waals surface area contributed by atoms with Crippen LogP contribution < -0.4 is 5.73 Å². The molecule has 0 aromatic heterocycles. The van der Waals surface area contributed by atoms with Crippen LogP contribution in [0.4, 0.5) is 13.2 Å². The van der Waals surface area contributed by atoms with Gasteiger partial charge in [0.25, 0.3) is 0 Å². The van der Waals surface area contributed by atoms with Gasteiger partial charge in [-0.2, -0.15) is 13.2 Å². The van der Waals surface area contributed by atoms with Crippen molar-refractivity contribution in [3.8, 4) is 0 Å². The number of hydrogen-bond acceptors (Lipinski definition) is 1. The average molecular weight is 216 g/mol. The van der Waals surface area contributed by atoms with Gasteiger partial charge in [0, 0.05) is 0 Å². The molecule has 1 aliphatic rings. The molecule has 0 bridgehead atoms. The summed E-state index contributed by atoms with van der Waals surface area (Å²) in [5, 5.41) is 0. The molecule has 1 nitrogen and oxygen atoms in total. The topological polar surface area (TPSA) is 26.0 Å². The van der Waals surface area contributed by atoms with Crippen molar-refractivity contribution in [2.75, 3.05) is 6.54 Å². The molecule has 1 aliphatic carbocycles. The lowest BCUT2D eigenvalue weighted by Crippen LogP contribution is -2.35. The zero-order chi connectivity index (χ0) is 9.19. The molecule has 0 radical (unpaired) electrons. The van der Waals surface area contributed by atoms with Crippen molar-refractivity contribution in [2.45, 2.75) is 19.0 Å². The molecule has 0 amide bonds. The van der Waals surface area contributed by atoms with Gasteiger partial charge in [-0.15, -0.1) is 12.4 Å². The van der Waals surface area contributed by atoms with Gasteiger partial charge < -0.3 is 5.73 Å². The Morgan fingerprint density at radius 2 is 1.77 bits per heavy atom. The predicted molar refractivity (Wildman–Crippen MR) is 47.7 cm³/mol. The molecular formula is C8H13ClF3N. The molecule has 0 fully saturated rings. The van der Waals surface area contributed by atoms with Crippen LogP contribution >= 0.6 is 12.4 Å². The maximum Gasteiger partial charge on any atom is 0.392 e. The summed E-state index contributed by atoms with van der Waals surface area (Å²) in [6.45, 7) is 0.120. The zero-order valence-corrected chi connectivity index (χ0v) is 7.87. The highest BCUT2D eigenvalue weighted by Crippen LogP contribution is 2.38. The number of nitrogens with two attached hydrogens (primary N) is 1. The normalized spacial score (nSPS) is 28.3. The molecule has 0 heterocycles. The van der Waals surface area contributed by atoms with E-state index in [9.17, 15) is 13.2 Å². The summed E-state index contributed by atoms with van der Waals surface area (Å²) in [4.78, 5) is 0. The van der Waals surface area contributed by atoms with Crippen molar-refractivity contribution in [3.63, 3.8) is 0 Å². The Kier molecular flexibility index (Phi) is 4.78. The Morgan fingerprint density at radius 3 is 2.15 bits per heavy atom. The maximum absolute atomic E-state index is 12.3. The van der Waals surface area contributed by atoms with Gasteiger partial charge in [0.2, 0.25) is 0 Å². The third-order valence-corrected chi connectivity index (χ3v) is 2.29. The SMILES string of the molecule is Cl.NC[C@@H]1CC=CC[C@@H]1C(F)(F)F. The van der Waals surface area contributed by atoms with Gasteiger partial charge in [0.15, 0.2) is 0 Å². The van der Waals surface area contributed by atoms with Gasteiger partial charge in [0.05, 0.1) is 5.92 Å². The number of rotatable bonds is 1. The number of hydrogen-bond donors (Lipinski definition) is 1. The van der Waals surface area contributed by atoms with Crippen LogP contribution in [0.2, 0.25) is 0 Å². The van der Waals surface area contributed by atoms with E-state index in [4.69, 9.17) is 5.73 Å². The summed E-state index contributed by atoms with van der Waals surface area (Å²) in [6.07, 6.45) is -0.176. The summed E-state index contributed by atoms with van der Waals surface area (Å²) in [5.74, 6) is -1.65. The van der Waals surface area contributed by atoms with Crippen molar-refractivity contribution in [2.24, 2.45) is 17.6 Å². The Bertz CT molecular complexity index is 179. The van der Waals surface area contributed by atoms with Crippen LogP contribution in [0.5, 0.6) is 0 Å². The fourth-order valence-electron chi connectivity index (χ4n) is 1.53. The third kappa shape index (κ3) is 3.19. The standard InChI is InChI=1S/C8H12F3N.ClH/c9-8(10,11)7-4-2-1-3-6(7)5-12;/h1-2,6-7H,3-5,12H2;1H/t6-,7-;/m0./s1. The van der Waals surface area contributed by atoms with E-state index in [0.29, 0.717) is 6.42 Å². The van der Waals surface area contributed by atoms with Gasteiger partial charge in [-0.1, -0.05) is 12.2 Å². The van der Waals surface area contributed by atoms with Crippen LogP contribution in [-0.4, -0.2) is 12.7 Å². The van der Waals surface area contributed by atoms with Crippen molar-refractivity contribution in [1.82, 2.24) is 0 Å². The molecule has 2 atom stereocenters. The molecule has 78 valence electrons. The monoisotopic (exact) mass is 215 g/mol. The Labute approximate surface area is 81.6 Å². The molecule has 0 unspecified atom stereocenters. The van der Waals surface area contributed by atoms with Crippen LogP contribution in [0.15, 0.2) is 12.2 Å². The zero-order valence-electron chi connectivity index (χ0n) is 7.05. The Balaban J connectivity index is 0.00000144. The van der Waals surface area contributed by atoms with Gasteiger partial charge in [-0.05, 0) is 25.3 Å². The fourth-order valence-corrected chi connectivity index (χ4v) is 1.53. The molecule has 0 saturated heterocycles. The smallest absolute Gasteiger partial charge is 0.330 e. The highest BCUT2D eigenvalue weighted by molar-refractivity contribution is 5.85. The molecule has 0 aromatic carbocycles. The molecule has 2 N–H and O–H groups in total. The van der Waals surface area contributed by atoms with Gasteiger partial charge in [-0.3, -0.25) is 0 Å². The van der Waals surface area contributed by atoms with Crippen LogP contribution in [0.1, 0.15) is 12.8 Å². The van der Waals surface area contributed by atoms with Crippen molar-refractivity contribution >= 4 is 12.4 Å². The summed E-state index contributed by atoms with van der Waals surface area (Å²) < 4.78 is 36.9. The summed E-state index contributed by atoms with van der Waals surface area (Å²) >= 11 is 0. The molecule has 1 rings (SSSR count). The predicted octanol–water partition coefficient (Wildman–Crippen LogP) is 2.51. The van der Waals surface area contributed by atoms with E-state index in [2.05, 4.69) is 0 Å². The van der Waals surface area contributed by atoms with E-state index in [0.717, 1.165) is 0 Å². The second kappa shape index (κ2) is 4.86. The van der Waals surface area contributed by atoms with Crippen LogP contribution in [-0.2, 0) is 0 Å². The quantitative estimate of drug-likeness (QED) is 0.669. The fraction of sp³-hybridized carbons (Fsp3) is 0.750. The Hall–Kier alpha value is -0.220. The second-order valence-corrected chi connectivity index (χ2v) is 3.09. The van der Waals surface area contributed by atoms with Crippen molar-refractivity contribution < 1.29 is 13.2 Å². The van der Waals surface area contributed by atoms with Crippen molar-refractivity contribution in [1.29, 1.82) is 0 Å². The first-order valence-electron chi connectivity index (χ1n) is 3.97. The van der Waals surface area contributed by atoms with E-state index in [1.54, 1.807) is 12.2 Å². The van der Waals surface area contributed by atoms with Crippen LogP contribution in [0, 0.1) is 11.8 Å². The number of halogens is 4. The number of allylic oxidation sites excluding steroid dienone is 2. The minimum Gasteiger partial charge on any atom is -0.330 e. The molecule has 13 heavy (non-hydrogen) atoms. The average Bonchev–Trinajstić information content (AvgIpc) is 2.03. The molecular weight excluding hydrogens is 203 g/mol. The van der Waals surface area contributed by atoms with E-state index < -0.39 is 18.0 Å². The lowest BCUT2D eigenvalue weighted by atomic mass is 9.83. The lowest BCUT2D eigenvalue weighted by molar-refractivity contribution is -0.188.